The largest absolute Gasteiger partial charge is 0.508 e. The van der Waals surface area contributed by atoms with E-state index in [-0.39, 0.29) is 11.2 Å². The van der Waals surface area contributed by atoms with Gasteiger partial charge in [-0.2, -0.15) is 5.26 Å². The van der Waals surface area contributed by atoms with E-state index in [4.69, 9.17) is 9.68 Å². The number of nitrogens with zero attached hydrogens (tertiary/aromatic N) is 1. The number of rotatable bonds is 1. The van der Waals surface area contributed by atoms with Crippen molar-refractivity contribution in [2.24, 2.45) is 0 Å². The third-order valence-electron chi connectivity index (χ3n) is 3.03. The Bertz CT molecular complexity index is 903. The Morgan fingerprint density at radius 2 is 1.90 bits per heavy atom. The molecule has 0 saturated heterocycles. The summed E-state index contributed by atoms with van der Waals surface area (Å²) in [6.07, 6.45) is 0. The predicted octanol–water partition coefficient (Wildman–Crippen LogP) is 3.04. The van der Waals surface area contributed by atoms with Gasteiger partial charge >= 0.3 is 0 Å². The molecule has 0 bridgehead atoms. The van der Waals surface area contributed by atoms with Crippen LogP contribution in [0.15, 0.2) is 57.7 Å². The molecule has 0 fully saturated rings. The molecule has 4 nitrogen and oxygen atoms in total. The van der Waals surface area contributed by atoms with Crippen LogP contribution in [0.5, 0.6) is 5.75 Å². The number of phenolic OH excluding ortho intramolecular Hbond substituents is 1. The van der Waals surface area contributed by atoms with Gasteiger partial charge in [0.05, 0.1) is 17.0 Å². The van der Waals surface area contributed by atoms with Crippen molar-refractivity contribution in [2.45, 2.75) is 0 Å². The van der Waals surface area contributed by atoms with Crippen LogP contribution in [0.1, 0.15) is 5.56 Å². The molecule has 0 spiro atoms. The second kappa shape index (κ2) is 4.56. The first kappa shape index (κ1) is 12.0. The van der Waals surface area contributed by atoms with Gasteiger partial charge in [-0.25, -0.2) is 0 Å². The molecule has 0 amide bonds. The van der Waals surface area contributed by atoms with Crippen molar-refractivity contribution in [3.8, 4) is 23.1 Å². The van der Waals surface area contributed by atoms with E-state index >= 15 is 0 Å². The number of benzene rings is 2. The fraction of sp³-hybridized carbons (Fsp3) is 0. The second-order valence-electron chi connectivity index (χ2n) is 4.31. The van der Waals surface area contributed by atoms with Crippen LogP contribution < -0.4 is 5.43 Å². The monoisotopic (exact) mass is 263 g/mol. The molecular formula is C16H9NO3. The zero-order valence-electron chi connectivity index (χ0n) is 10.3. The third-order valence-corrected chi connectivity index (χ3v) is 3.03. The van der Waals surface area contributed by atoms with E-state index < -0.39 is 0 Å². The van der Waals surface area contributed by atoms with Crippen molar-refractivity contribution in [3.05, 3.63) is 64.3 Å². The zero-order valence-corrected chi connectivity index (χ0v) is 10.3. The summed E-state index contributed by atoms with van der Waals surface area (Å²) in [5.74, 6) is 0.330. The first-order valence-corrected chi connectivity index (χ1v) is 5.95. The molecule has 1 heterocycles. The van der Waals surface area contributed by atoms with E-state index in [0.717, 1.165) is 0 Å². The van der Waals surface area contributed by atoms with Crippen molar-refractivity contribution in [1.29, 1.82) is 5.26 Å². The minimum absolute atomic E-state index is 0.0198. The lowest BCUT2D eigenvalue weighted by Crippen LogP contribution is -2.00. The third kappa shape index (κ3) is 1.91. The molecule has 0 radical (unpaired) electrons. The van der Waals surface area contributed by atoms with Gasteiger partial charge in [0.15, 0.2) is 5.43 Å². The molecular weight excluding hydrogens is 254 g/mol. The lowest BCUT2D eigenvalue weighted by atomic mass is 10.1. The lowest BCUT2D eigenvalue weighted by Gasteiger charge is -2.05. The molecule has 0 aliphatic carbocycles. The Morgan fingerprint density at radius 1 is 1.10 bits per heavy atom. The maximum absolute atomic E-state index is 12.1. The SMILES string of the molecule is N#Cc1ccccc1-c1cc(=O)c2ccc(O)cc2o1. The summed E-state index contributed by atoms with van der Waals surface area (Å²) < 4.78 is 5.64. The smallest absolute Gasteiger partial charge is 0.193 e. The van der Waals surface area contributed by atoms with E-state index in [0.29, 0.717) is 27.9 Å². The maximum atomic E-state index is 12.1. The van der Waals surface area contributed by atoms with Crippen molar-refractivity contribution in [3.63, 3.8) is 0 Å². The van der Waals surface area contributed by atoms with Gasteiger partial charge < -0.3 is 9.52 Å². The van der Waals surface area contributed by atoms with Gasteiger partial charge in [0.1, 0.15) is 17.1 Å². The normalized spacial score (nSPS) is 10.3. The Kier molecular flexibility index (Phi) is 2.73. The molecule has 0 atom stereocenters. The van der Waals surface area contributed by atoms with Crippen LogP contribution in [0.3, 0.4) is 0 Å². The summed E-state index contributed by atoms with van der Waals surface area (Å²) in [5.41, 5.74) is 1.06. The number of aromatic hydroxyl groups is 1. The van der Waals surface area contributed by atoms with Gasteiger partial charge in [-0.1, -0.05) is 12.1 Å². The first-order valence-electron chi connectivity index (χ1n) is 5.95. The lowest BCUT2D eigenvalue weighted by molar-refractivity contribution is 0.474. The highest BCUT2D eigenvalue weighted by molar-refractivity contribution is 5.80. The van der Waals surface area contributed by atoms with Crippen LogP contribution in [-0.2, 0) is 0 Å². The van der Waals surface area contributed by atoms with Crippen molar-refractivity contribution >= 4 is 11.0 Å². The van der Waals surface area contributed by atoms with Crippen molar-refractivity contribution in [2.75, 3.05) is 0 Å². The molecule has 96 valence electrons. The van der Waals surface area contributed by atoms with Gasteiger partial charge in [-0.15, -0.1) is 0 Å². The fourth-order valence-electron chi connectivity index (χ4n) is 2.07. The van der Waals surface area contributed by atoms with Crippen LogP contribution >= 0.6 is 0 Å². The predicted molar refractivity (Wildman–Crippen MR) is 74.3 cm³/mol. The maximum Gasteiger partial charge on any atom is 0.193 e. The minimum Gasteiger partial charge on any atom is -0.508 e. The van der Waals surface area contributed by atoms with Crippen LogP contribution in [0, 0.1) is 11.3 Å². The summed E-state index contributed by atoms with van der Waals surface area (Å²) in [4.78, 5) is 12.1. The van der Waals surface area contributed by atoms with Crippen LogP contribution in [0.25, 0.3) is 22.3 Å². The second-order valence-corrected chi connectivity index (χ2v) is 4.31. The van der Waals surface area contributed by atoms with Gasteiger partial charge in [0.25, 0.3) is 0 Å². The molecule has 4 heteroatoms. The number of hydrogen-bond acceptors (Lipinski definition) is 4. The standard InChI is InChI=1S/C16H9NO3/c17-9-10-3-1-2-4-12(10)16-8-14(19)13-6-5-11(18)7-15(13)20-16/h1-8,18H. The van der Waals surface area contributed by atoms with E-state index in [1.165, 1.54) is 24.3 Å². The zero-order chi connectivity index (χ0) is 14.1. The summed E-state index contributed by atoms with van der Waals surface area (Å²) in [6.45, 7) is 0. The van der Waals surface area contributed by atoms with Crippen molar-refractivity contribution < 1.29 is 9.52 Å². The quantitative estimate of drug-likeness (QED) is 0.732. The molecule has 3 aromatic rings. The van der Waals surface area contributed by atoms with E-state index in [2.05, 4.69) is 6.07 Å². The number of nitriles is 1. The summed E-state index contributed by atoms with van der Waals surface area (Å²) in [6, 6.07) is 14.6. The minimum atomic E-state index is -0.214. The fourth-order valence-corrected chi connectivity index (χ4v) is 2.07. The first-order chi connectivity index (χ1) is 9.69. The average Bonchev–Trinajstić information content (AvgIpc) is 2.46. The molecule has 1 N–H and O–H groups in total. The number of phenols is 1. The van der Waals surface area contributed by atoms with Crippen LogP contribution in [0.2, 0.25) is 0 Å². The Hall–Kier alpha value is -3.06. The molecule has 0 aliphatic heterocycles. The molecule has 0 aliphatic rings. The van der Waals surface area contributed by atoms with Crippen LogP contribution in [-0.4, -0.2) is 5.11 Å². The number of hydrogen-bond donors (Lipinski definition) is 1. The van der Waals surface area contributed by atoms with Crippen LogP contribution in [0.4, 0.5) is 0 Å². The summed E-state index contributed by atoms with van der Waals surface area (Å²) >= 11 is 0. The highest BCUT2D eigenvalue weighted by Crippen LogP contribution is 2.26. The molecule has 1 aromatic heterocycles. The highest BCUT2D eigenvalue weighted by atomic mass is 16.3. The van der Waals surface area contributed by atoms with Gasteiger partial charge in [-0.3, -0.25) is 4.79 Å². The molecule has 2 aromatic carbocycles. The van der Waals surface area contributed by atoms with Gasteiger partial charge in [0.2, 0.25) is 0 Å². The molecule has 20 heavy (non-hydrogen) atoms. The van der Waals surface area contributed by atoms with E-state index in [9.17, 15) is 9.90 Å². The summed E-state index contributed by atoms with van der Waals surface area (Å²) in [7, 11) is 0. The molecule has 0 saturated carbocycles. The van der Waals surface area contributed by atoms with Gasteiger partial charge in [-0.05, 0) is 24.3 Å². The highest BCUT2D eigenvalue weighted by Gasteiger charge is 2.10. The van der Waals surface area contributed by atoms with E-state index in [1.807, 2.05) is 0 Å². The molecule has 0 unspecified atom stereocenters. The average molecular weight is 263 g/mol. The number of fused-ring (bicyclic) bond motifs is 1. The Morgan fingerprint density at radius 3 is 2.70 bits per heavy atom. The van der Waals surface area contributed by atoms with E-state index in [1.54, 1.807) is 24.3 Å². The van der Waals surface area contributed by atoms with Crippen molar-refractivity contribution in [1.82, 2.24) is 0 Å². The molecule has 3 rings (SSSR count). The Labute approximate surface area is 114 Å². The Balaban J connectivity index is 2.33. The topological polar surface area (TPSA) is 74.2 Å². The van der Waals surface area contributed by atoms with Gasteiger partial charge in [0, 0.05) is 17.7 Å². The summed E-state index contributed by atoms with van der Waals surface area (Å²) in [5, 5.41) is 19.0.